The highest BCUT2D eigenvalue weighted by Crippen LogP contribution is 2.40. The van der Waals surface area contributed by atoms with Crippen LogP contribution in [0, 0.1) is 38.0 Å². The third-order valence-electron chi connectivity index (χ3n) is 5.48. The lowest BCUT2D eigenvalue weighted by atomic mass is 9.78. The minimum atomic E-state index is -1.22. The fourth-order valence-electron chi connectivity index (χ4n) is 4.07. The molecule has 0 aliphatic carbocycles. The predicted molar refractivity (Wildman–Crippen MR) is 135 cm³/mol. The maximum Gasteiger partial charge on any atom is 0.319 e. The lowest BCUT2D eigenvalue weighted by Gasteiger charge is -2.31. The molecule has 3 rings (SSSR count). The first kappa shape index (κ1) is 25.5. The molecule has 34 heavy (non-hydrogen) atoms. The number of ether oxygens (including phenoxy) is 1. The summed E-state index contributed by atoms with van der Waals surface area (Å²) >= 11 is 4.45. The molecule has 0 spiro atoms. The van der Waals surface area contributed by atoms with Crippen LogP contribution in [0.2, 0.25) is 0 Å². The summed E-state index contributed by atoms with van der Waals surface area (Å²) in [5.74, 6) is -3.66. The number of halogens is 1. The van der Waals surface area contributed by atoms with Crippen LogP contribution in [-0.2, 0) is 19.1 Å². The van der Waals surface area contributed by atoms with Gasteiger partial charge < -0.3 is 15.4 Å². The van der Waals surface area contributed by atoms with E-state index in [1.807, 2.05) is 39.0 Å². The molecule has 1 aliphatic rings. The summed E-state index contributed by atoms with van der Waals surface area (Å²) in [5, 5.41) is 15.8. The highest BCUT2D eigenvalue weighted by Gasteiger charge is 2.44. The van der Waals surface area contributed by atoms with Gasteiger partial charge in [0.15, 0.2) is 0 Å². The Labute approximate surface area is 211 Å². The molecule has 176 valence electrons. The second kappa shape index (κ2) is 10.9. The number of hydrogen-bond acceptors (Lipinski definition) is 6. The smallest absolute Gasteiger partial charge is 0.319 e. The summed E-state index contributed by atoms with van der Waals surface area (Å²) in [6.07, 6.45) is 0. The van der Waals surface area contributed by atoms with Crippen molar-refractivity contribution >= 4 is 51.2 Å². The number of esters is 1. The number of nitrogens with one attached hydrogen (secondary N) is 2. The molecule has 9 heteroatoms. The van der Waals surface area contributed by atoms with Gasteiger partial charge in [-0.3, -0.25) is 14.4 Å². The molecule has 0 bridgehead atoms. The number of nitriles is 1. The summed E-state index contributed by atoms with van der Waals surface area (Å²) in [7, 11) is 1.20. The molecule has 0 saturated heterocycles. The van der Waals surface area contributed by atoms with Gasteiger partial charge in [0.2, 0.25) is 11.8 Å². The molecule has 2 N–H and O–H groups in total. The van der Waals surface area contributed by atoms with E-state index < -0.39 is 23.7 Å². The fourth-order valence-corrected chi connectivity index (χ4v) is 5.34. The van der Waals surface area contributed by atoms with E-state index in [0.717, 1.165) is 38.6 Å². The molecule has 2 amide bonds. The zero-order valence-electron chi connectivity index (χ0n) is 19.2. The van der Waals surface area contributed by atoms with Crippen molar-refractivity contribution in [3.05, 3.63) is 73.7 Å². The molecule has 7 nitrogen and oxygen atoms in total. The first-order valence-corrected chi connectivity index (χ1v) is 12.2. The van der Waals surface area contributed by atoms with E-state index in [-0.39, 0.29) is 22.3 Å². The average Bonchev–Trinajstić information content (AvgIpc) is 2.79. The van der Waals surface area contributed by atoms with Crippen LogP contribution in [0.5, 0.6) is 0 Å². The third-order valence-corrected chi connectivity index (χ3v) is 6.99. The van der Waals surface area contributed by atoms with Crippen molar-refractivity contribution in [1.29, 1.82) is 5.26 Å². The minimum absolute atomic E-state index is 0.0261. The third kappa shape index (κ3) is 5.51. The van der Waals surface area contributed by atoms with Crippen molar-refractivity contribution in [2.24, 2.45) is 5.92 Å². The Balaban J connectivity index is 1.90. The molecule has 1 aliphatic heterocycles. The molecule has 2 atom stereocenters. The van der Waals surface area contributed by atoms with E-state index in [2.05, 4.69) is 32.6 Å². The van der Waals surface area contributed by atoms with Crippen LogP contribution in [0.1, 0.15) is 28.2 Å². The molecule has 0 saturated carbocycles. The topological polar surface area (TPSA) is 108 Å². The first-order valence-electron chi connectivity index (χ1n) is 10.4. The number of methoxy groups -OCH3 is 1. The van der Waals surface area contributed by atoms with E-state index in [1.54, 1.807) is 18.2 Å². The summed E-state index contributed by atoms with van der Waals surface area (Å²) in [6.45, 7) is 5.85. The van der Waals surface area contributed by atoms with Crippen LogP contribution in [0.15, 0.2) is 51.5 Å². The zero-order chi connectivity index (χ0) is 25.0. The number of rotatable bonds is 6. The quantitative estimate of drug-likeness (QED) is 0.412. The molecular formula is C25H24BrN3O4S. The number of thioether (sulfide) groups is 1. The van der Waals surface area contributed by atoms with Crippen molar-refractivity contribution in [2.45, 2.75) is 26.7 Å². The number of amides is 2. The number of carbonyl (C=O) groups is 3. The second-order valence-electron chi connectivity index (χ2n) is 7.99. The standard InChI is InChI=1S/C25H24BrN3O4S/c1-13-8-14(2)22(15(3)9-13)28-19(30)12-34-24-18(11-27)20(16-6-5-7-17(26)10-16)21(23(31)29-24)25(32)33-4/h5-10,20-21H,12H2,1-4H3,(H,28,30)(H,29,31)/t20-,21+/m1/s1. The van der Waals surface area contributed by atoms with Gasteiger partial charge in [-0.05, 0) is 49.6 Å². The Morgan fingerprint density at radius 2 is 1.88 bits per heavy atom. The van der Waals surface area contributed by atoms with Gasteiger partial charge in [0.05, 0.1) is 29.5 Å². The molecule has 2 aromatic rings. The summed E-state index contributed by atoms with van der Waals surface area (Å²) < 4.78 is 5.60. The first-order chi connectivity index (χ1) is 16.2. The van der Waals surface area contributed by atoms with E-state index >= 15 is 0 Å². The van der Waals surface area contributed by atoms with Gasteiger partial charge in [-0.2, -0.15) is 5.26 Å². The maximum absolute atomic E-state index is 12.9. The number of anilines is 1. The Morgan fingerprint density at radius 1 is 1.21 bits per heavy atom. The van der Waals surface area contributed by atoms with Gasteiger partial charge in [0, 0.05) is 16.1 Å². The maximum atomic E-state index is 12.9. The van der Waals surface area contributed by atoms with Gasteiger partial charge in [-0.25, -0.2) is 0 Å². The molecule has 0 aromatic heterocycles. The van der Waals surface area contributed by atoms with Crippen LogP contribution < -0.4 is 10.6 Å². The van der Waals surface area contributed by atoms with Crippen molar-refractivity contribution < 1.29 is 19.1 Å². The van der Waals surface area contributed by atoms with Crippen molar-refractivity contribution in [2.75, 3.05) is 18.2 Å². The van der Waals surface area contributed by atoms with Gasteiger partial charge in [0.25, 0.3) is 0 Å². The number of aryl methyl sites for hydroxylation is 3. The lowest BCUT2D eigenvalue weighted by Crippen LogP contribution is -2.44. The van der Waals surface area contributed by atoms with Crippen molar-refractivity contribution in [3.8, 4) is 6.07 Å². The van der Waals surface area contributed by atoms with Crippen LogP contribution in [-0.4, -0.2) is 30.6 Å². The Morgan fingerprint density at radius 3 is 2.47 bits per heavy atom. The number of nitrogens with zero attached hydrogens (tertiary/aromatic N) is 1. The highest BCUT2D eigenvalue weighted by molar-refractivity contribution is 9.10. The summed E-state index contributed by atoms with van der Waals surface area (Å²) in [4.78, 5) is 38.1. The van der Waals surface area contributed by atoms with Gasteiger partial charge in [-0.15, -0.1) is 0 Å². The van der Waals surface area contributed by atoms with Gasteiger partial charge in [0.1, 0.15) is 5.92 Å². The second-order valence-corrected chi connectivity index (χ2v) is 9.89. The van der Waals surface area contributed by atoms with Gasteiger partial charge >= 0.3 is 5.97 Å². The Hall–Kier alpha value is -3.09. The lowest BCUT2D eigenvalue weighted by molar-refractivity contribution is -0.150. The highest BCUT2D eigenvalue weighted by atomic mass is 79.9. The fraction of sp³-hybridized carbons (Fsp3) is 0.280. The summed E-state index contributed by atoms with van der Waals surface area (Å²) in [6, 6.07) is 13.2. The number of hydrogen-bond donors (Lipinski definition) is 2. The molecule has 1 heterocycles. The van der Waals surface area contributed by atoms with Crippen LogP contribution in [0.3, 0.4) is 0 Å². The molecule has 0 fully saturated rings. The molecule has 0 radical (unpaired) electrons. The number of benzene rings is 2. The molecule has 2 aromatic carbocycles. The Bertz CT molecular complexity index is 1210. The van der Waals surface area contributed by atoms with Crippen LogP contribution in [0.4, 0.5) is 5.69 Å². The normalized spacial score (nSPS) is 17.6. The molecular weight excluding hydrogens is 518 g/mol. The number of allylic oxidation sites excluding steroid dienone is 1. The van der Waals surface area contributed by atoms with Gasteiger partial charge in [-0.1, -0.05) is 57.5 Å². The van der Waals surface area contributed by atoms with Crippen molar-refractivity contribution in [3.63, 3.8) is 0 Å². The zero-order valence-corrected chi connectivity index (χ0v) is 21.6. The van der Waals surface area contributed by atoms with Crippen molar-refractivity contribution in [1.82, 2.24) is 5.32 Å². The van der Waals surface area contributed by atoms with E-state index in [1.165, 1.54) is 7.11 Å². The van der Waals surface area contributed by atoms with E-state index in [0.29, 0.717) is 5.56 Å². The summed E-state index contributed by atoms with van der Waals surface area (Å²) in [5.41, 5.74) is 4.58. The largest absolute Gasteiger partial charge is 0.468 e. The predicted octanol–water partition coefficient (Wildman–Crippen LogP) is 4.48. The SMILES string of the molecule is COC(=O)[C@@H]1C(=O)NC(SCC(=O)Nc2c(C)cc(C)cc2C)=C(C#N)[C@H]1c1cccc(Br)c1. The average molecular weight is 542 g/mol. The number of carbonyl (C=O) groups excluding carboxylic acids is 3. The van der Waals surface area contributed by atoms with E-state index in [9.17, 15) is 19.6 Å². The van der Waals surface area contributed by atoms with Crippen LogP contribution in [0.25, 0.3) is 0 Å². The Kier molecular flexibility index (Phi) is 8.18. The van der Waals surface area contributed by atoms with E-state index in [4.69, 9.17) is 4.74 Å². The monoisotopic (exact) mass is 541 g/mol. The van der Waals surface area contributed by atoms with Crippen LogP contribution >= 0.6 is 27.7 Å². The minimum Gasteiger partial charge on any atom is -0.468 e. The molecule has 0 unspecified atom stereocenters.